The fourth-order valence-corrected chi connectivity index (χ4v) is 0.465. The lowest BCUT2D eigenvalue weighted by Crippen LogP contribution is -2.07. The van der Waals surface area contributed by atoms with Gasteiger partial charge in [-0.2, -0.15) is 5.26 Å². The van der Waals surface area contributed by atoms with Crippen LogP contribution < -0.4 is 0 Å². The Bertz CT molecular complexity index is 205. The molecule has 0 heterocycles. The lowest BCUT2D eigenvalue weighted by Gasteiger charge is -2.02. The van der Waals surface area contributed by atoms with Crippen molar-refractivity contribution in [3.8, 4) is 6.26 Å². The minimum absolute atomic E-state index is 0.257. The Morgan fingerprint density at radius 2 is 2.25 bits per heavy atom. The van der Waals surface area contributed by atoms with Crippen LogP contribution in [0.3, 0.4) is 0 Å². The molecule has 0 N–H and O–H groups in total. The second-order valence-corrected chi connectivity index (χ2v) is 2.21. The van der Waals surface area contributed by atoms with Crippen LogP contribution in [-0.4, -0.2) is 19.2 Å². The van der Waals surface area contributed by atoms with Crippen molar-refractivity contribution < 1.29 is 14.3 Å². The molecule has 0 aliphatic carbocycles. The van der Waals surface area contributed by atoms with Crippen molar-refractivity contribution >= 4 is 5.97 Å². The summed E-state index contributed by atoms with van der Waals surface area (Å²) in [7, 11) is 0. The van der Waals surface area contributed by atoms with E-state index in [2.05, 4.69) is 11.3 Å². The van der Waals surface area contributed by atoms with Gasteiger partial charge < -0.3 is 9.47 Å². The van der Waals surface area contributed by atoms with Gasteiger partial charge in [0.2, 0.25) is 0 Å². The van der Waals surface area contributed by atoms with Crippen LogP contribution in [-0.2, 0) is 14.3 Å². The van der Waals surface area contributed by atoms with Gasteiger partial charge in [0.1, 0.15) is 6.61 Å². The first-order chi connectivity index (χ1) is 5.68. The van der Waals surface area contributed by atoms with Gasteiger partial charge in [-0.25, -0.2) is 4.79 Å². The maximum atomic E-state index is 10.7. The van der Waals surface area contributed by atoms with Gasteiger partial charge in [0.05, 0.1) is 6.61 Å². The quantitative estimate of drug-likeness (QED) is 0.266. The summed E-state index contributed by atoms with van der Waals surface area (Å²) in [6.07, 6.45) is 2.04. The second kappa shape index (κ2) is 6.23. The fraction of sp³-hybridized carbons (Fsp3) is 0.500. The van der Waals surface area contributed by atoms with Crippen molar-refractivity contribution in [3.63, 3.8) is 0 Å². The van der Waals surface area contributed by atoms with Gasteiger partial charge in [0, 0.05) is 12.0 Å². The molecule has 0 bridgehead atoms. The molecule has 0 radical (unpaired) electrons. The molecule has 0 saturated heterocycles. The maximum absolute atomic E-state index is 10.7. The molecular weight excluding hydrogens is 158 g/mol. The number of hydrogen-bond donors (Lipinski definition) is 0. The van der Waals surface area contributed by atoms with Gasteiger partial charge in [-0.3, -0.25) is 0 Å². The van der Waals surface area contributed by atoms with E-state index in [0.717, 1.165) is 0 Å². The number of hydrogen-bond acceptors (Lipinski definition) is 4. The highest BCUT2D eigenvalue weighted by Gasteiger charge is 2.01. The van der Waals surface area contributed by atoms with Crippen LogP contribution in [0.25, 0.3) is 0 Å². The molecule has 0 aromatic rings. The van der Waals surface area contributed by atoms with Crippen molar-refractivity contribution in [2.45, 2.75) is 13.3 Å². The number of carbonyl (C=O) groups is 1. The lowest BCUT2D eigenvalue weighted by molar-refractivity contribution is -0.139. The zero-order valence-corrected chi connectivity index (χ0v) is 7.00. The third kappa shape index (κ3) is 5.30. The highest BCUT2D eigenvalue weighted by Crippen LogP contribution is 1.93. The van der Waals surface area contributed by atoms with Gasteiger partial charge in [-0.1, -0.05) is 6.58 Å². The SMILES string of the molecule is C=C(C)C(=O)OCCCOC#N. The van der Waals surface area contributed by atoms with E-state index < -0.39 is 5.97 Å². The molecule has 0 amide bonds. The van der Waals surface area contributed by atoms with E-state index in [1.54, 1.807) is 6.92 Å². The van der Waals surface area contributed by atoms with Gasteiger partial charge in [-0.05, 0) is 6.92 Å². The predicted molar refractivity (Wildman–Crippen MR) is 42.0 cm³/mol. The Morgan fingerprint density at radius 1 is 1.58 bits per heavy atom. The molecule has 0 rings (SSSR count). The highest BCUT2D eigenvalue weighted by atomic mass is 16.5. The molecule has 0 unspecified atom stereocenters. The first-order valence-electron chi connectivity index (χ1n) is 3.52. The summed E-state index contributed by atoms with van der Waals surface area (Å²) in [5, 5.41) is 7.97. The molecule has 66 valence electrons. The van der Waals surface area contributed by atoms with Crippen molar-refractivity contribution in [3.05, 3.63) is 12.2 Å². The first kappa shape index (κ1) is 10.5. The zero-order chi connectivity index (χ0) is 9.40. The van der Waals surface area contributed by atoms with Crippen molar-refractivity contribution in [2.75, 3.05) is 13.2 Å². The third-order valence-corrected chi connectivity index (χ3v) is 1.04. The van der Waals surface area contributed by atoms with E-state index in [4.69, 9.17) is 10.00 Å². The van der Waals surface area contributed by atoms with Crippen LogP contribution >= 0.6 is 0 Å². The largest absolute Gasteiger partial charge is 0.462 e. The fourth-order valence-electron chi connectivity index (χ4n) is 0.465. The van der Waals surface area contributed by atoms with Crippen LogP contribution in [0.4, 0.5) is 0 Å². The van der Waals surface area contributed by atoms with E-state index in [-0.39, 0.29) is 13.2 Å². The van der Waals surface area contributed by atoms with E-state index in [9.17, 15) is 4.79 Å². The predicted octanol–water partition coefficient (Wildman–Crippen LogP) is 0.993. The van der Waals surface area contributed by atoms with Crippen LogP contribution in [0, 0.1) is 11.5 Å². The van der Waals surface area contributed by atoms with Crippen molar-refractivity contribution in [1.82, 2.24) is 0 Å². The molecule has 0 aromatic heterocycles. The van der Waals surface area contributed by atoms with Crippen LogP contribution in [0.1, 0.15) is 13.3 Å². The average Bonchev–Trinajstić information content (AvgIpc) is 2.03. The molecule has 0 spiro atoms. The third-order valence-electron chi connectivity index (χ3n) is 1.04. The number of carbonyl (C=O) groups excluding carboxylic acids is 1. The maximum Gasteiger partial charge on any atom is 0.333 e. The summed E-state index contributed by atoms with van der Waals surface area (Å²) in [5.74, 6) is -0.410. The second-order valence-electron chi connectivity index (χ2n) is 2.21. The van der Waals surface area contributed by atoms with E-state index in [0.29, 0.717) is 12.0 Å². The average molecular weight is 169 g/mol. The Morgan fingerprint density at radius 3 is 2.75 bits per heavy atom. The summed E-state index contributed by atoms with van der Waals surface area (Å²) in [6, 6.07) is 0. The zero-order valence-electron chi connectivity index (χ0n) is 7.00. The molecule has 0 atom stereocenters. The van der Waals surface area contributed by atoms with Crippen molar-refractivity contribution in [1.29, 1.82) is 5.26 Å². The number of rotatable bonds is 5. The summed E-state index contributed by atoms with van der Waals surface area (Å²) >= 11 is 0. The minimum Gasteiger partial charge on any atom is -0.462 e. The molecule has 0 aliphatic rings. The normalized spacial score (nSPS) is 8.33. The summed E-state index contributed by atoms with van der Waals surface area (Å²) < 4.78 is 9.09. The molecule has 0 saturated carbocycles. The highest BCUT2D eigenvalue weighted by molar-refractivity contribution is 5.86. The van der Waals surface area contributed by atoms with Gasteiger partial charge in [0.25, 0.3) is 6.26 Å². The lowest BCUT2D eigenvalue weighted by atomic mass is 10.4. The molecule has 12 heavy (non-hydrogen) atoms. The minimum atomic E-state index is -0.410. The molecule has 0 fully saturated rings. The standard InChI is InChI=1S/C8H11NO3/c1-7(2)8(10)12-5-3-4-11-6-9/h1,3-5H2,2H3. The van der Waals surface area contributed by atoms with E-state index in [1.165, 1.54) is 6.26 Å². The Kier molecular flexibility index (Phi) is 5.45. The molecular formula is C8H11NO3. The first-order valence-corrected chi connectivity index (χ1v) is 3.52. The van der Waals surface area contributed by atoms with Crippen LogP contribution in [0.5, 0.6) is 0 Å². The summed E-state index contributed by atoms with van der Waals surface area (Å²) in [4.78, 5) is 10.7. The van der Waals surface area contributed by atoms with Gasteiger partial charge in [0.15, 0.2) is 0 Å². The van der Waals surface area contributed by atoms with E-state index >= 15 is 0 Å². The Labute approximate surface area is 71.4 Å². The monoisotopic (exact) mass is 169 g/mol. The van der Waals surface area contributed by atoms with Crippen molar-refractivity contribution in [2.24, 2.45) is 0 Å². The van der Waals surface area contributed by atoms with Gasteiger partial charge >= 0.3 is 5.97 Å². The Hall–Kier alpha value is -1.50. The topological polar surface area (TPSA) is 59.3 Å². The number of ether oxygens (including phenoxy) is 2. The van der Waals surface area contributed by atoms with Crippen LogP contribution in [0.2, 0.25) is 0 Å². The molecule has 4 heteroatoms. The van der Waals surface area contributed by atoms with Crippen LogP contribution in [0.15, 0.2) is 12.2 Å². The molecule has 4 nitrogen and oxygen atoms in total. The Balaban J connectivity index is 3.27. The number of esters is 1. The molecule has 0 aliphatic heterocycles. The molecule has 0 aromatic carbocycles. The smallest absolute Gasteiger partial charge is 0.333 e. The summed E-state index contributed by atoms with van der Waals surface area (Å²) in [5.41, 5.74) is 0.371. The van der Waals surface area contributed by atoms with Gasteiger partial charge in [-0.15, -0.1) is 0 Å². The number of nitrogens with zero attached hydrogens (tertiary/aromatic N) is 1. The number of nitriles is 1. The summed E-state index contributed by atoms with van der Waals surface area (Å²) in [6.45, 7) is 5.52. The van der Waals surface area contributed by atoms with E-state index in [1.807, 2.05) is 0 Å².